The molecule has 1 aliphatic rings. The van der Waals surface area contributed by atoms with Crippen molar-refractivity contribution in [3.05, 3.63) is 64.7 Å². The number of thioether (sulfide) groups is 1. The number of hydrogen-bond acceptors (Lipinski definition) is 7. The fourth-order valence-corrected chi connectivity index (χ4v) is 5.30. The van der Waals surface area contributed by atoms with Gasteiger partial charge < -0.3 is 24.9 Å². The molecule has 1 atom stereocenters. The van der Waals surface area contributed by atoms with Gasteiger partial charge in [-0.25, -0.2) is 4.79 Å². The van der Waals surface area contributed by atoms with Crippen molar-refractivity contribution < 1.29 is 29.0 Å². The van der Waals surface area contributed by atoms with E-state index in [4.69, 9.17) is 21.7 Å². The van der Waals surface area contributed by atoms with Crippen LogP contribution < -0.4 is 14.8 Å². The number of rotatable bonds is 10. The van der Waals surface area contributed by atoms with Crippen LogP contribution in [-0.2, 0) is 20.8 Å². The highest BCUT2D eigenvalue weighted by Gasteiger charge is 2.32. The van der Waals surface area contributed by atoms with Crippen LogP contribution in [0.2, 0.25) is 0 Å². The number of aromatic nitrogens is 1. The summed E-state index contributed by atoms with van der Waals surface area (Å²) in [4.78, 5) is 42.3. The van der Waals surface area contributed by atoms with Gasteiger partial charge in [0.2, 0.25) is 5.91 Å². The van der Waals surface area contributed by atoms with Gasteiger partial charge in [0, 0.05) is 36.5 Å². The molecule has 0 spiro atoms. The minimum atomic E-state index is -1.14. The number of fused-ring (bicyclic) bond motifs is 1. The summed E-state index contributed by atoms with van der Waals surface area (Å²) in [5.41, 5.74) is 2.42. The van der Waals surface area contributed by atoms with Gasteiger partial charge in [-0.05, 0) is 35.4 Å². The van der Waals surface area contributed by atoms with Crippen molar-refractivity contribution in [2.45, 2.75) is 18.9 Å². The zero-order valence-electron chi connectivity index (χ0n) is 20.1. The average Bonchev–Trinajstić information content (AvgIpc) is 3.41. The Balaban J connectivity index is 1.38. The van der Waals surface area contributed by atoms with Gasteiger partial charge >= 0.3 is 5.97 Å². The van der Waals surface area contributed by atoms with E-state index in [1.165, 1.54) is 12.0 Å². The summed E-state index contributed by atoms with van der Waals surface area (Å²) < 4.78 is 10.9. The Labute approximate surface area is 222 Å². The van der Waals surface area contributed by atoms with Crippen LogP contribution in [0.3, 0.4) is 0 Å². The maximum atomic E-state index is 12.9. The van der Waals surface area contributed by atoms with Crippen molar-refractivity contribution >= 4 is 63.1 Å². The van der Waals surface area contributed by atoms with Crippen LogP contribution in [0.25, 0.3) is 17.0 Å². The van der Waals surface area contributed by atoms with E-state index in [9.17, 15) is 19.5 Å². The van der Waals surface area contributed by atoms with E-state index < -0.39 is 17.9 Å². The quantitative estimate of drug-likeness (QED) is 0.264. The number of carbonyl (C=O) groups is 3. The van der Waals surface area contributed by atoms with E-state index in [0.29, 0.717) is 20.7 Å². The Hall–Kier alpha value is -3.83. The average molecular weight is 540 g/mol. The maximum Gasteiger partial charge on any atom is 0.326 e. The lowest BCUT2D eigenvalue weighted by molar-refractivity contribution is -0.141. The number of para-hydroxylation sites is 1. The number of carboxylic acid groups (broad SMARTS) is 1. The molecule has 1 aliphatic heterocycles. The van der Waals surface area contributed by atoms with Crippen molar-refractivity contribution in [2.75, 3.05) is 20.8 Å². The number of methoxy groups -OCH3 is 2. The molecule has 3 N–H and O–H groups in total. The molecular formula is C26H25N3O6S2. The number of ether oxygens (including phenoxy) is 2. The van der Waals surface area contributed by atoms with Crippen molar-refractivity contribution in [3.63, 3.8) is 0 Å². The highest BCUT2D eigenvalue weighted by molar-refractivity contribution is 8.26. The predicted octanol–water partition coefficient (Wildman–Crippen LogP) is 3.59. The van der Waals surface area contributed by atoms with Crippen molar-refractivity contribution in [3.8, 4) is 11.5 Å². The number of nitrogens with zero attached hydrogens (tertiary/aromatic N) is 1. The summed E-state index contributed by atoms with van der Waals surface area (Å²) in [6, 6.07) is 11.7. The first kappa shape index (κ1) is 26.2. The molecule has 9 nitrogen and oxygen atoms in total. The summed E-state index contributed by atoms with van der Waals surface area (Å²) in [5, 5.41) is 13.1. The van der Waals surface area contributed by atoms with Gasteiger partial charge in [-0.1, -0.05) is 48.2 Å². The third kappa shape index (κ3) is 5.95. The number of aromatic amines is 1. The number of amides is 2. The molecule has 2 aromatic carbocycles. The number of nitrogens with one attached hydrogen (secondary N) is 2. The number of carbonyl (C=O) groups excluding carboxylic acids is 2. The molecule has 2 amide bonds. The molecule has 0 saturated carbocycles. The summed E-state index contributed by atoms with van der Waals surface area (Å²) >= 11 is 6.50. The van der Waals surface area contributed by atoms with E-state index in [1.54, 1.807) is 37.6 Å². The van der Waals surface area contributed by atoms with E-state index in [-0.39, 0.29) is 25.3 Å². The number of H-pyrrole nitrogens is 1. The molecule has 1 unspecified atom stereocenters. The molecule has 37 heavy (non-hydrogen) atoms. The van der Waals surface area contributed by atoms with Crippen LogP contribution in [0.15, 0.2) is 53.6 Å². The number of carboxylic acids is 1. The summed E-state index contributed by atoms with van der Waals surface area (Å²) in [7, 11) is 3.07. The van der Waals surface area contributed by atoms with Gasteiger partial charge in [-0.3, -0.25) is 14.5 Å². The minimum Gasteiger partial charge on any atom is -0.493 e. The van der Waals surface area contributed by atoms with Crippen LogP contribution in [-0.4, -0.2) is 63.9 Å². The second-order valence-corrected chi connectivity index (χ2v) is 9.90. The van der Waals surface area contributed by atoms with Crippen molar-refractivity contribution in [1.29, 1.82) is 0 Å². The van der Waals surface area contributed by atoms with Gasteiger partial charge in [0.05, 0.1) is 19.1 Å². The lowest BCUT2D eigenvalue weighted by atomic mass is 10.0. The topological polar surface area (TPSA) is 121 Å². The Morgan fingerprint density at radius 3 is 2.68 bits per heavy atom. The molecule has 4 rings (SSSR count). The number of benzene rings is 2. The number of hydrogen-bond donors (Lipinski definition) is 3. The van der Waals surface area contributed by atoms with Crippen LogP contribution >= 0.6 is 24.0 Å². The van der Waals surface area contributed by atoms with Gasteiger partial charge in [0.25, 0.3) is 5.91 Å². The maximum absolute atomic E-state index is 12.9. The zero-order chi connectivity index (χ0) is 26.5. The summed E-state index contributed by atoms with van der Waals surface area (Å²) in [6.45, 7) is 0.0409. The molecule has 1 fully saturated rings. The molecule has 192 valence electrons. The smallest absolute Gasteiger partial charge is 0.326 e. The third-order valence-corrected chi connectivity index (χ3v) is 7.25. The fraction of sp³-hybridized carbons (Fsp3) is 0.231. The minimum absolute atomic E-state index is 0.0409. The van der Waals surface area contributed by atoms with Gasteiger partial charge in [0.15, 0.2) is 11.5 Å². The standard InChI is InChI=1S/C26H25N3O6S2/c1-34-20-8-7-15(11-21(20)35-2)12-22-24(31)29(26(36)37-22)10-9-23(30)28-19(25(32)33)13-16-14-27-18-6-4-3-5-17(16)18/h3-8,11-12,14,19,27H,9-10,13H2,1-2H3,(H,28,30)(H,32,33)/b22-12+. The zero-order valence-corrected chi connectivity index (χ0v) is 21.8. The molecule has 1 saturated heterocycles. The first-order valence-corrected chi connectivity index (χ1v) is 12.6. The van der Waals surface area contributed by atoms with Crippen LogP contribution in [0.5, 0.6) is 11.5 Å². The van der Waals surface area contributed by atoms with Crippen LogP contribution in [0.1, 0.15) is 17.5 Å². The molecule has 0 aliphatic carbocycles. The van der Waals surface area contributed by atoms with Gasteiger partial charge in [-0.15, -0.1) is 0 Å². The Kier molecular flexibility index (Phi) is 8.14. The second kappa shape index (κ2) is 11.5. The lowest BCUT2D eigenvalue weighted by Crippen LogP contribution is -2.43. The van der Waals surface area contributed by atoms with Gasteiger partial charge in [-0.2, -0.15) is 0 Å². The van der Waals surface area contributed by atoms with E-state index in [2.05, 4.69) is 10.3 Å². The van der Waals surface area contributed by atoms with Crippen molar-refractivity contribution in [2.24, 2.45) is 0 Å². The molecule has 0 bridgehead atoms. The molecular weight excluding hydrogens is 514 g/mol. The van der Waals surface area contributed by atoms with Crippen LogP contribution in [0.4, 0.5) is 0 Å². The first-order valence-electron chi connectivity index (χ1n) is 11.3. The molecule has 1 aromatic heterocycles. The predicted molar refractivity (Wildman–Crippen MR) is 146 cm³/mol. The SMILES string of the molecule is COc1ccc(/C=C2/SC(=S)N(CCC(=O)NC(Cc3c[nH]c4ccccc34)C(=O)O)C2=O)cc1OC. The summed E-state index contributed by atoms with van der Waals surface area (Å²) in [6.07, 6.45) is 3.48. The Morgan fingerprint density at radius 2 is 1.95 bits per heavy atom. The molecule has 0 radical (unpaired) electrons. The Bertz CT molecular complexity index is 1400. The van der Waals surface area contributed by atoms with Gasteiger partial charge in [0.1, 0.15) is 10.4 Å². The largest absolute Gasteiger partial charge is 0.493 e. The normalized spacial score (nSPS) is 15.3. The summed E-state index contributed by atoms with van der Waals surface area (Å²) in [5.74, 6) is -0.829. The third-order valence-electron chi connectivity index (χ3n) is 5.87. The highest BCUT2D eigenvalue weighted by Crippen LogP contribution is 2.34. The molecule has 11 heteroatoms. The number of thiocarbonyl (C=S) groups is 1. The first-order chi connectivity index (χ1) is 17.8. The van der Waals surface area contributed by atoms with Crippen LogP contribution in [0, 0.1) is 0 Å². The monoisotopic (exact) mass is 539 g/mol. The number of aliphatic carboxylic acids is 1. The van der Waals surface area contributed by atoms with E-state index in [0.717, 1.165) is 33.8 Å². The Morgan fingerprint density at radius 1 is 1.19 bits per heavy atom. The molecule has 2 heterocycles. The highest BCUT2D eigenvalue weighted by atomic mass is 32.2. The van der Waals surface area contributed by atoms with Crippen molar-refractivity contribution in [1.82, 2.24) is 15.2 Å². The van der Waals surface area contributed by atoms with E-state index >= 15 is 0 Å². The molecule has 3 aromatic rings. The van der Waals surface area contributed by atoms with E-state index in [1.807, 2.05) is 24.3 Å². The fourth-order valence-electron chi connectivity index (χ4n) is 3.99. The second-order valence-electron chi connectivity index (χ2n) is 8.22. The lowest BCUT2D eigenvalue weighted by Gasteiger charge is -2.17.